The van der Waals surface area contributed by atoms with Crippen LogP contribution in [0.4, 0.5) is 5.69 Å². The molecule has 2 aromatic rings. The number of amides is 1. The van der Waals surface area contributed by atoms with Crippen LogP contribution in [-0.2, 0) is 6.54 Å². The molecular formula is C15H15BrN2O2. The number of rotatable bonds is 5. The maximum absolute atomic E-state index is 11.1. The van der Waals surface area contributed by atoms with E-state index in [1.54, 1.807) is 25.3 Å². The number of primary amides is 1. The zero-order valence-corrected chi connectivity index (χ0v) is 12.6. The monoisotopic (exact) mass is 334 g/mol. The second-order valence-electron chi connectivity index (χ2n) is 4.26. The Hall–Kier alpha value is -2.01. The standard InChI is InChI=1S/C15H15BrN2O2/c1-20-13-5-6-14(16)11(8-13)9-18-12-4-2-3-10(7-12)15(17)19/h2-8,18H,9H2,1H3,(H2,17,19). The highest BCUT2D eigenvalue weighted by atomic mass is 79.9. The van der Waals surface area contributed by atoms with Gasteiger partial charge in [0.05, 0.1) is 7.11 Å². The van der Waals surface area contributed by atoms with Gasteiger partial charge in [-0.25, -0.2) is 0 Å². The van der Waals surface area contributed by atoms with Gasteiger partial charge < -0.3 is 15.8 Å². The van der Waals surface area contributed by atoms with Crippen LogP contribution in [0.15, 0.2) is 46.9 Å². The van der Waals surface area contributed by atoms with Gasteiger partial charge in [0, 0.05) is 22.3 Å². The average molecular weight is 335 g/mol. The lowest BCUT2D eigenvalue weighted by Crippen LogP contribution is -2.11. The first-order chi connectivity index (χ1) is 9.60. The second kappa shape index (κ2) is 6.43. The van der Waals surface area contributed by atoms with Gasteiger partial charge in [0.2, 0.25) is 5.91 Å². The van der Waals surface area contributed by atoms with Gasteiger partial charge in [0.15, 0.2) is 0 Å². The normalized spacial score (nSPS) is 10.1. The highest BCUT2D eigenvalue weighted by Gasteiger charge is 2.04. The molecule has 0 aromatic heterocycles. The van der Waals surface area contributed by atoms with Gasteiger partial charge >= 0.3 is 0 Å². The Balaban J connectivity index is 2.12. The van der Waals surface area contributed by atoms with E-state index in [0.29, 0.717) is 12.1 Å². The first-order valence-electron chi connectivity index (χ1n) is 6.06. The van der Waals surface area contributed by atoms with E-state index < -0.39 is 5.91 Å². The minimum atomic E-state index is -0.434. The van der Waals surface area contributed by atoms with Crippen LogP contribution in [0, 0.1) is 0 Å². The molecule has 2 rings (SSSR count). The van der Waals surface area contributed by atoms with Crippen LogP contribution in [0.5, 0.6) is 5.75 Å². The third kappa shape index (κ3) is 3.51. The van der Waals surface area contributed by atoms with E-state index in [0.717, 1.165) is 21.5 Å². The smallest absolute Gasteiger partial charge is 0.248 e. The molecule has 0 saturated heterocycles. The minimum absolute atomic E-state index is 0.434. The quantitative estimate of drug-likeness (QED) is 0.882. The van der Waals surface area contributed by atoms with Gasteiger partial charge in [-0.2, -0.15) is 0 Å². The number of halogens is 1. The molecule has 0 radical (unpaired) electrons. The maximum Gasteiger partial charge on any atom is 0.248 e. The lowest BCUT2D eigenvalue weighted by Gasteiger charge is -2.10. The van der Waals surface area contributed by atoms with Crippen LogP contribution < -0.4 is 15.8 Å². The highest BCUT2D eigenvalue weighted by molar-refractivity contribution is 9.10. The third-order valence-electron chi connectivity index (χ3n) is 2.88. The van der Waals surface area contributed by atoms with Crippen LogP contribution in [0.3, 0.4) is 0 Å². The van der Waals surface area contributed by atoms with Crippen LogP contribution in [0.2, 0.25) is 0 Å². The summed E-state index contributed by atoms with van der Waals surface area (Å²) in [5, 5.41) is 3.26. The number of hydrogen-bond donors (Lipinski definition) is 2. The molecule has 3 N–H and O–H groups in total. The molecule has 104 valence electrons. The molecule has 0 unspecified atom stereocenters. The SMILES string of the molecule is COc1ccc(Br)c(CNc2cccc(C(N)=O)c2)c1. The largest absolute Gasteiger partial charge is 0.497 e. The Morgan fingerprint density at radius 2 is 2.10 bits per heavy atom. The van der Waals surface area contributed by atoms with Crippen molar-refractivity contribution in [3.63, 3.8) is 0 Å². The summed E-state index contributed by atoms with van der Waals surface area (Å²) in [6.45, 7) is 0.611. The number of methoxy groups -OCH3 is 1. The van der Waals surface area contributed by atoms with Crippen molar-refractivity contribution >= 4 is 27.5 Å². The molecule has 1 amide bonds. The van der Waals surface area contributed by atoms with E-state index in [2.05, 4.69) is 21.2 Å². The molecule has 0 aliphatic rings. The van der Waals surface area contributed by atoms with Gasteiger partial charge in [0.25, 0.3) is 0 Å². The molecule has 0 fully saturated rings. The number of carbonyl (C=O) groups excluding carboxylic acids is 1. The summed E-state index contributed by atoms with van der Waals surface area (Å²) in [6.07, 6.45) is 0. The Bertz CT molecular complexity index is 629. The van der Waals surface area contributed by atoms with Crippen LogP contribution in [0.1, 0.15) is 15.9 Å². The summed E-state index contributed by atoms with van der Waals surface area (Å²) in [4.78, 5) is 11.1. The van der Waals surface area contributed by atoms with Crippen LogP contribution >= 0.6 is 15.9 Å². The van der Waals surface area contributed by atoms with Crippen molar-refractivity contribution in [3.05, 3.63) is 58.1 Å². The number of benzene rings is 2. The van der Waals surface area contributed by atoms with Crippen molar-refractivity contribution < 1.29 is 9.53 Å². The van der Waals surface area contributed by atoms with Gasteiger partial charge in [-0.05, 0) is 42.0 Å². The number of nitrogens with one attached hydrogen (secondary N) is 1. The zero-order chi connectivity index (χ0) is 14.5. The van der Waals surface area contributed by atoms with Crippen molar-refractivity contribution in [1.82, 2.24) is 0 Å². The molecule has 0 aliphatic heterocycles. The van der Waals surface area contributed by atoms with Crippen LogP contribution in [-0.4, -0.2) is 13.0 Å². The lowest BCUT2D eigenvalue weighted by molar-refractivity contribution is 0.100. The molecule has 0 saturated carbocycles. The predicted molar refractivity (Wildman–Crippen MR) is 83.0 cm³/mol. The minimum Gasteiger partial charge on any atom is -0.497 e. The second-order valence-corrected chi connectivity index (χ2v) is 5.11. The molecule has 4 nitrogen and oxygen atoms in total. The topological polar surface area (TPSA) is 64.3 Å². The average Bonchev–Trinajstić information content (AvgIpc) is 2.46. The summed E-state index contributed by atoms with van der Waals surface area (Å²) in [5.41, 5.74) is 7.65. The number of ether oxygens (including phenoxy) is 1. The fourth-order valence-electron chi connectivity index (χ4n) is 1.79. The first-order valence-corrected chi connectivity index (χ1v) is 6.85. The number of nitrogens with two attached hydrogens (primary N) is 1. The number of hydrogen-bond acceptors (Lipinski definition) is 3. The summed E-state index contributed by atoms with van der Waals surface area (Å²) in [5.74, 6) is 0.368. The van der Waals surface area contributed by atoms with Crippen molar-refractivity contribution in [3.8, 4) is 5.75 Å². The predicted octanol–water partition coefficient (Wildman–Crippen LogP) is 3.17. The van der Waals surface area contributed by atoms with Gasteiger partial charge in [-0.1, -0.05) is 22.0 Å². The molecule has 0 atom stereocenters. The van der Waals surface area contributed by atoms with Crippen molar-refractivity contribution in [2.45, 2.75) is 6.54 Å². The molecule has 2 aromatic carbocycles. The molecule has 20 heavy (non-hydrogen) atoms. The summed E-state index contributed by atoms with van der Waals surface area (Å²) in [7, 11) is 1.64. The third-order valence-corrected chi connectivity index (χ3v) is 3.66. The molecule has 0 bridgehead atoms. The molecule has 0 spiro atoms. The van der Waals surface area contributed by atoms with E-state index in [1.807, 2.05) is 24.3 Å². The maximum atomic E-state index is 11.1. The summed E-state index contributed by atoms with van der Waals surface area (Å²) in [6, 6.07) is 12.9. The molecule has 0 aliphatic carbocycles. The molecule has 0 heterocycles. The first kappa shape index (κ1) is 14.4. The van der Waals surface area contributed by atoms with Crippen molar-refractivity contribution in [2.75, 3.05) is 12.4 Å². The Kier molecular flexibility index (Phi) is 4.63. The van der Waals surface area contributed by atoms with Gasteiger partial charge in [0.1, 0.15) is 5.75 Å². The fraction of sp³-hybridized carbons (Fsp3) is 0.133. The van der Waals surface area contributed by atoms with E-state index in [9.17, 15) is 4.79 Å². The van der Waals surface area contributed by atoms with Crippen molar-refractivity contribution in [2.24, 2.45) is 5.73 Å². The molecular weight excluding hydrogens is 320 g/mol. The number of anilines is 1. The molecule has 5 heteroatoms. The van der Waals surface area contributed by atoms with E-state index in [4.69, 9.17) is 10.5 Å². The van der Waals surface area contributed by atoms with E-state index in [-0.39, 0.29) is 0 Å². The van der Waals surface area contributed by atoms with Crippen molar-refractivity contribution in [1.29, 1.82) is 0 Å². The van der Waals surface area contributed by atoms with E-state index in [1.165, 1.54) is 0 Å². The number of carbonyl (C=O) groups is 1. The van der Waals surface area contributed by atoms with Gasteiger partial charge in [-0.15, -0.1) is 0 Å². The summed E-state index contributed by atoms with van der Waals surface area (Å²) < 4.78 is 6.20. The highest BCUT2D eigenvalue weighted by Crippen LogP contribution is 2.23. The van der Waals surface area contributed by atoms with Crippen LogP contribution in [0.25, 0.3) is 0 Å². The fourth-order valence-corrected chi connectivity index (χ4v) is 2.18. The van der Waals surface area contributed by atoms with E-state index >= 15 is 0 Å². The zero-order valence-electron chi connectivity index (χ0n) is 11.0. The lowest BCUT2D eigenvalue weighted by atomic mass is 10.1. The van der Waals surface area contributed by atoms with Gasteiger partial charge in [-0.3, -0.25) is 4.79 Å². The summed E-state index contributed by atoms with van der Waals surface area (Å²) >= 11 is 3.50. The Labute approximate surface area is 126 Å². The Morgan fingerprint density at radius 3 is 2.80 bits per heavy atom. The Morgan fingerprint density at radius 1 is 1.30 bits per heavy atom.